The Bertz CT molecular complexity index is 962. The monoisotopic (exact) mass is 387 g/mol. The number of benzene rings is 3. The molecule has 1 atom stereocenters. The normalized spacial score (nSPS) is 11.8. The van der Waals surface area contributed by atoms with E-state index in [4.69, 9.17) is 27.9 Å². The zero-order chi connectivity index (χ0) is 18.7. The van der Waals surface area contributed by atoms with Crippen LogP contribution in [0.1, 0.15) is 17.3 Å². The van der Waals surface area contributed by atoms with Gasteiger partial charge in [-0.05, 0) is 36.6 Å². The highest BCUT2D eigenvalue weighted by Gasteiger charge is 2.20. The highest BCUT2D eigenvalue weighted by Crippen LogP contribution is 2.23. The van der Waals surface area contributed by atoms with Gasteiger partial charge in [0.25, 0.3) is 5.91 Å². The van der Waals surface area contributed by atoms with Crippen molar-refractivity contribution in [3.8, 4) is 0 Å². The van der Waals surface area contributed by atoms with Crippen molar-refractivity contribution in [2.45, 2.75) is 13.0 Å². The predicted octanol–water partition coefficient (Wildman–Crippen LogP) is 5.33. The first-order valence-electron chi connectivity index (χ1n) is 7.90. The molecule has 4 nitrogen and oxygen atoms in total. The minimum atomic E-state index is -0.987. The number of anilines is 1. The van der Waals surface area contributed by atoms with Crippen molar-refractivity contribution >= 4 is 51.5 Å². The summed E-state index contributed by atoms with van der Waals surface area (Å²) >= 11 is 11.8. The van der Waals surface area contributed by atoms with Gasteiger partial charge in [-0.3, -0.25) is 4.79 Å². The lowest BCUT2D eigenvalue weighted by molar-refractivity contribution is -0.123. The topological polar surface area (TPSA) is 55.4 Å². The number of nitrogens with one attached hydrogen (secondary N) is 1. The molecule has 0 unspecified atom stereocenters. The summed E-state index contributed by atoms with van der Waals surface area (Å²) in [5, 5.41) is 5.34. The van der Waals surface area contributed by atoms with Crippen LogP contribution in [0.15, 0.2) is 60.7 Å². The number of carbonyl (C=O) groups excluding carboxylic acids is 2. The van der Waals surface area contributed by atoms with Gasteiger partial charge < -0.3 is 10.1 Å². The highest BCUT2D eigenvalue weighted by atomic mass is 35.5. The molecule has 3 aromatic rings. The summed E-state index contributed by atoms with van der Waals surface area (Å²) in [5.74, 6) is -1.10. The largest absolute Gasteiger partial charge is 0.449 e. The van der Waals surface area contributed by atoms with Gasteiger partial charge in [0.1, 0.15) is 0 Å². The van der Waals surface area contributed by atoms with Crippen LogP contribution < -0.4 is 5.32 Å². The SMILES string of the molecule is C[C@@H](OC(=O)c1cc(Cl)cc(Cl)c1)C(=O)Nc1cccc2ccccc12. The van der Waals surface area contributed by atoms with Gasteiger partial charge in [0.05, 0.1) is 5.56 Å². The molecule has 0 saturated heterocycles. The fraction of sp³-hybridized carbons (Fsp3) is 0.100. The number of rotatable bonds is 4. The summed E-state index contributed by atoms with van der Waals surface area (Å²) in [5.41, 5.74) is 0.842. The molecule has 1 amide bonds. The zero-order valence-electron chi connectivity index (χ0n) is 13.8. The van der Waals surface area contributed by atoms with Gasteiger partial charge in [-0.15, -0.1) is 0 Å². The summed E-state index contributed by atoms with van der Waals surface area (Å²) in [7, 11) is 0. The number of amides is 1. The number of esters is 1. The molecule has 0 radical (unpaired) electrons. The lowest BCUT2D eigenvalue weighted by Gasteiger charge is -2.15. The molecule has 0 aliphatic rings. The van der Waals surface area contributed by atoms with E-state index in [2.05, 4.69) is 5.32 Å². The standard InChI is InChI=1S/C20H15Cl2NO3/c1-12(26-20(25)14-9-15(21)11-16(22)10-14)19(24)23-18-8-4-6-13-5-2-3-7-17(13)18/h2-12H,1H3,(H,23,24)/t12-/m1/s1. The first-order chi connectivity index (χ1) is 12.4. The number of fused-ring (bicyclic) bond motifs is 1. The van der Waals surface area contributed by atoms with E-state index in [-0.39, 0.29) is 5.56 Å². The van der Waals surface area contributed by atoms with Gasteiger partial charge in [0.15, 0.2) is 6.10 Å². The second kappa shape index (κ2) is 7.77. The molecule has 6 heteroatoms. The van der Waals surface area contributed by atoms with Gasteiger partial charge in [-0.25, -0.2) is 4.79 Å². The number of hydrogen-bond acceptors (Lipinski definition) is 3. The minimum absolute atomic E-state index is 0.187. The Hall–Kier alpha value is -2.56. The van der Waals surface area contributed by atoms with Gasteiger partial charge in [-0.2, -0.15) is 0 Å². The quantitative estimate of drug-likeness (QED) is 0.615. The van der Waals surface area contributed by atoms with Crippen molar-refractivity contribution in [3.63, 3.8) is 0 Å². The van der Waals surface area contributed by atoms with Crippen LogP contribution in [-0.4, -0.2) is 18.0 Å². The second-order valence-electron chi connectivity index (χ2n) is 5.72. The first kappa shape index (κ1) is 18.2. The number of ether oxygens (including phenoxy) is 1. The Morgan fingerprint density at radius 1 is 0.962 bits per heavy atom. The summed E-state index contributed by atoms with van der Waals surface area (Å²) in [4.78, 5) is 24.6. The molecule has 3 rings (SSSR count). The number of halogens is 2. The highest BCUT2D eigenvalue weighted by molar-refractivity contribution is 6.35. The van der Waals surface area contributed by atoms with Gasteiger partial charge >= 0.3 is 5.97 Å². The smallest absolute Gasteiger partial charge is 0.339 e. The van der Waals surface area contributed by atoms with E-state index < -0.39 is 18.0 Å². The fourth-order valence-electron chi connectivity index (χ4n) is 2.52. The predicted molar refractivity (Wildman–Crippen MR) is 104 cm³/mol. The van der Waals surface area contributed by atoms with E-state index >= 15 is 0 Å². The van der Waals surface area contributed by atoms with Crippen LogP contribution >= 0.6 is 23.2 Å². The molecule has 26 heavy (non-hydrogen) atoms. The molecule has 0 fully saturated rings. The molecule has 0 spiro atoms. The van der Waals surface area contributed by atoms with Crippen LogP contribution in [0.2, 0.25) is 10.0 Å². The average Bonchev–Trinajstić information content (AvgIpc) is 2.61. The number of hydrogen-bond donors (Lipinski definition) is 1. The lowest BCUT2D eigenvalue weighted by atomic mass is 10.1. The van der Waals surface area contributed by atoms with Crippen molar-refractivity contribution in [1.29, 1.82) is 0 Å². The molecule has 0 bridgehead atoms. The summed E-state index contributed by atoms with van der Waals surface area (Å²) in [6.07, 6.45) is -0.987. The fourth-order valence-corrected chi connectivity index (χ4v) is 3.05. The van der Waals surface area contributed by atoms with Crippen molar-refractivity contribution in [2.75, 3.05) is 5.32 Å². The van der Waals surface area contributed by atoms with Crippen molar-refractivity contribution in [3.05, 3.63) is 76.3 Å². The third kappa shape index (κ3) is 4.15. The van der Waals surface area contributed by atoms with Gasteiger partial charge in [-0.1, -0.05) is 59.6 Å². The minimum Gasteiger partial charge on any atom is -0.449 e. The molecular weight excluding hydrogens is 373 g/mol. The Morgan fingerprint density at radius 3 is 2.35 bits per heavy atom. The molecule has 0 saturated carbocycles. The molecule has 0 aromatic heterocycles. The Labute approximate surface area is 160 Å². The van der Waals surface area contributed by atoms with E-state index in [1.54, 1.807) is 6.07 Å². The van der Waals surface area contributed by atoms with E-state index in [0.717, 1.165) is 10.8 Å². The maximum absolute atomic E-state index is 12.4. The van der Waals surface area contributed by atoms with Crippen molar-refractivity contribution in [2.24, 2.45) is 0 Å². The maximum atomic E-state index is 12.4. The molecule has 0 aliphatic carbocycles. The molecular formula is C20H15Cl2NO3. The van der Waals surface area contributed by atoms with Crippen molar-refractivity contribution in [1.82, 2.24) is 0 Å². The molecule has 1 N–H and O–H groups in total. The van der Waals surface area contributed by atoms with Crippen LogP contribution in [0.5, 0.6) is 0 Å². The maximum Gasteiger partial charge on any atom is 0.339 e. The third-order valence-electron chi connectivity index (χ3n) is 3.80. The lowest BCUT2D eigenvalue weighted by Crippen LogP contribution is -2.30. The van der Waals surface area contributed by atoms with Crippen molar-refractivity contribution < 1.29 is 14.3 Å². The van der Waals surface area contributed by atoms with Gasteiger partial charge in [0, 0.05) is 21.1 Å². The van der Waals surface area contributed by atoms with Crippen LogP contribution in [0.25, 0.3) is 10.8 Å². The second-order valence-corrected chi connectivity index (χ2v) is 6.59. The van der Waals surface area contributed by atoms with Crippen LogP contribution in [0.3, 0.4) is 0 Å². The molecule has 0 aliphatic heterocycles. The first-order valence-corrected chi connectivity index (χ1v) is 8.65. The molecule has 132 valence electrons. The third-order valence-corrected chi connectivity index (χ3v) is 4.24. The summed E-state index contributed by atoms with van der Waals surface area (Å²) in [6, 6.07) is 17.7. The molecule has 3 aromatic carbocycles. The van der Waals surface area contributed by atoms with E-state index in [9.17, 15) is 9.59 Å². The van der Waals surface area contributed by atoms with E-state index in [0.29, 0.717) is 15.7 Å². The van der Waals surface area contributed by atoms with E-state index in [1.807, 2.05) is 36.4 Å². The van der Waals surface area contributed by atoms with Gasteiger partial charge in [0.2, 0.25) is 0 Å². The Balaban J connectivity index is 1.72. The molecule has 0 heterocycles. The number of carbonyl (C=O) groups is 2. The zero-order valence-corrected chi connectivity index (χ0v) is 15.3. The Morgan fingerprint density at radius 2 is 1.62 bits per heavy atom. The Kier molecular flexibility index (Phi) is 5.45. The summed E-state index contributed by atoms with van der Waals surface area (Å²) in [6.45, 7) is 1.50. The van der Waals surface area contributed by atoms with Crippen LogP contribution in [0, 0.1) is 0 Å². The van der Waals surface area contributed by atoms with E-state index in [1.165, 1.54) is 25.1 Å². The summed E-state index contributed by atoms with van der Waals surface area (Å²) < 4.78 is 5.22. The van der Waals surface area contributed by atoms with Crippen LogP contribution in [0.4, 0.5) is 5.69 Å². The average molecular weight is 388 g/mol. The van der Waals surface area contributed by atoms with Crippen LogP contribution in [-0.2, 0) is 9.53 Å².